The molecule has 0 bridgehead atoms. The van der Waals surface area contributed by atoms with Gasteiger partial charge in [-0.05, 0) is 49.7 Å². The Labute approximate surface area is 168 Å². The van der Waals surface area contributed by atoms with Gasteiger partial charge in [0.25, 0.3) is 10.0 Å². The summed E-state index contributed by atoms with van der Waals surface area (Å²) < 4.78 is 41.1. The number of sulfonamides is 1. The van der Waals surface area contributed by atoms with Crippen molar-refractivity contribution < 1.29 is 17.6 Å². The number of rotatable bonds is 6. The molecule has 0 saturated carbocycles. The summed E-state index contributed by atoms with van der Waals surface area (Å²) >= 11 is 0. The number of benzene rings is 2. The Hall–Kier alpha value is -3.33. The van der Waals surface area contributed by atoms with Crippen LogP contribution in [0.1, 0.15) is 17.1 Å². The lowest BCUT2D eigenvalue weighted by Crippen LogP contribution is -2.16. The number of nitrogens with one attached hydrogen (secondary N) is 2. The first-order valence-electron chi connectivity index (χ1n) is 8.71. The first-order chi connectivity index (χ1) is 13.7. The number of carbonyl (C=O) groups excluding carboxylic acids is 1. The van der Waals surface area contributed by atoms with Crippen LogP contribution in [0.15, 0.2) is 59.5 Å². The van der Waals surface area contributed by atoms with E-state index >= 15 is 0 Å². The van der Waals surface area contributed by atoms with Crippen molar-refractivity contribution in [2.45, 2.75) is 25.2 Å². The molecular weight excluding hydrogens is 395 g/mol. The predicted molar refractivity (Wildman–Crippen MR) is 107 cm³/mol. The fraction of sp³-hybridized carbons (Fsp3) is 0.150. The van der Waals surface area contributed by atoms with Crippen LogP contribution in [0, 0.1) is 19.7 Å². The Morgan fingerprint density at radius 3 is 2.38 bits per heavy atom. The number of hydrogen-bond acceptors (Lipinski definition) is 5. The molecule has 1 aromatic heterocycles. The molecule has 0 atom stereocenters. The normalized spacial score (nSPS) is 11.1. The second-order valence-electron chi connectivity index (χ2n) is 6.39. The van der Waals surface area contributed by atoms with Crippen LogP contribution < -0.4 is 10.0 Å². The van der Waals surface area contributed by atoms with Gasteiger partial charge in [0, 0.05) is 17.4 Å². The number of amides is 1. The van der Waals surface area contributed by atoms with E-state index in [4.69, 9.17) is 0 Å². The summed E-state index contributed by atoms with van der Waals surface area (Å²) in [4.78, 5) is 20.3. The molecule has 29 heavy (non-hydrogen) atoms. The average Bonchev–Trinajstić information content (AvgIpc) is 2.63. The lowest BCUT2D eigenvalue weighted by molar-refractivity contribution is -0.115. The van der Waals surface area contributed by atoms with Crippen LogP contribution >= 0.6 is 0 Å². The number of aryl methyl sites for hydroxylation is 2. The standard InChI is InChI=1S/C20H19FN4O3S/c1-13-11-19(23-14(2)22-13)25-29(27,28)17-9-7-16(8-10-17)24-20(26)12-15-5-3-4-6-18(15)21/h3-11H,12H2,1-2H3,(H,24,26)(H,22,23,25). The minimum Gasteiger partial charge on any atom is -0.326 e. The van der Waals surface area contributed by atoms with Crippen LogP contribution in [0.4, 0.5) is 15.9 Å². The van der Waals surface area contributed by atoms with E-state index < -0.39 is 21.7 Å². The van der Waals surface area contributed by atoms with Crippen molar-refractivity contribution in [1.29, 1.82) is 0 Å². The van der Waals surface area contributed by atoms with E-state index in [-0.39, 0.29) is 22.7 Å². The van der Waals surface area contributed by atoms with Crippen LogP contribution in [0.5, 0.6) is 0 Å². The zero-order valence-corrected chi connectivity index (χ0v) is 16.6. The molecule has 2 aromatic carbocycles. The zero-order valence-electron chi connectivity index (χ0n) is 15.8. The van der Waals surface area contributed by atoms with Gasteiger partial charge >= 0.3 is 0 Å². The first-order valence-corrected chi connectivity index (χ1v) is 10.2. The second-order valence-corrected chi connectivity index (χ2v) is 8.07. The number of halogens is 1. The van der Waals surface area contributed by atoms with E-state index in [0.29, 0.717) is 17.2 Å². The van der Waals surface area contributed by atoms with E-state index in [2.05, 4.69) is 20.0 Å². The fourth-order valence-corrected chi connectivity index (χ4v) is 3.70. The summed E-state index contributed by atoms with van der Waals surface area (Å²) in [6.45, 7) is 3.41. The molecule has 0 unspecified atom stereocenters. The molecule has 7 nitrogen and oxygen atoms in total. The van der Waals surface area contributed by atoms with Crippen molar-refractivity contribution in [3.63, 3.8) is 0 Å². The topological polar surface area (TPSA) is 101 Å². The summed E-state index contributed by atoms with van der Waals surface area (Å²) in [6, 6.07) is 13.2. The third kappa shape index (κ3) is 5.35. The van der Waals surface area contributed by atoms with E-state index in [1.165, 1.54) is 42.5 Å². The number of hydrogen-bond donors (Lipinski definition) is 2. The lowest BCUT2D eigenvalue weighted by atomic mass is 10.1. The molecule has 0 aliphatic heterocycles. The maximum absolute atomic E-state index is 13.6. The summed E-state index contributed by atoms with van der Waals surface area (Å²) in [7, 11) is -3.85. The maximum Gasteiger partial charge on any atom is 0.263 e. The third-order valence-corrected chi connectivity index (χ3v) is 5.33. The highest BCUT2D eigenvalue weighted by molar-refractivity contribution is 7.92. The van der Waals surface area contributed by atoms with Crippen molar-refractivity contribution in [1.82, 2.24) is 9.97 Å². The highest BCUT2D eigenvalue weighted by atomic mass is 32.2. The van der Waals surface area contributed by atoms with Crippen LogP contribution in [0.3, 0.4) is 0 Å². The quantitative estimate of drug-likeness (QED) is 0.645. The molecule has 150 valence electrons. The van der Waals surface area contributed by atoms with Gasteiger partial charge in [0.15, 0.2) is 0 Å². The van der Waals surface area contributed by atoms with Gasteiger partial charge in [-0.1, -0.05) is 18.2 Å². The third-order valence-electron chi connectivity index (χ3n) is 3.96. The van der Waals surface area contributed by atoms with E-state index in [1.807, 2.05) is 0 Å². The molecule has 0 aliphatic rings. The smallest absolute Gasteiger partial charge is 0.263 e. The van der Waals surface area contributed by atoms with Gasteiger partial charge in [-0.15, -0.1) is 0 Å². The van der Waals surface area contributed by atoms with Gasteiger partial charge in [-0.3, -0.25) is 9.52 Å². The Morgan fingerprint density at radius 2 is 1.72 bits per heavy atom. The van der Waals surface area contributed by atoms with Gasteiger partial charge in [-0.25, -0.2) is 22.8 Å². The van der Waals surface area contributed by atoms with Crippen molar-refractivity contribution in [2.75, 3.05) is 10.0 Å². The summed E-state index contributed by atoms with van der Waals surface area (Å²) in [5.41, 5.74) is 1.32. The second kappa shape index (κ2) is 8.36. The monoisotopic (exact) mass is 414 g/mol. The highest BCUT2D eigenvalue weighted by Gasteiger charge is 2.16. The van der Waals surface area contributed by atoms with Crippen molar-refractivity contribution >= 4 is 27.4 Å². The van der Waals surface area contributed by atoms with Gasteiger partial charge < -0.3 is 5.32 Å². The minimum absolute atomic E-state index is 0.0125. The van der Waals surface area contributed by atoms with Crippen LogP contribution in [-0.4, -0.2) is 24.3 Å². The maximum atomic E-state index is 13.6. The van der Waals surface area contributed by atoms with Crippen molar-refractivity contribution in [3.05, 3.63) is 77.5 Å². The zero-order chi connectivity index (χ0) is 21.0. The number of carbonyl (C=O) groups is 1. The van der Waals surface area contributed by atoms with Gasteiger partial charge in [-0.2, -0.15) is 0 Å². The SMILES string of the molecule is Cc1cc(NS(=O)(=O)c2ccc(NC(=O)Cc3ccccc3F)cc2)nc(C)n1. The van der Waals surface area contributed by atoms with Crippen molar-refractivity contribution in [3.8, 4) is 0 Å². The molecule has 1 heterocycles. The van der Waals surface area contributed by atoms with Crippen LogP contribution in [0.2, 0.25) is 0 Å². The summed E-state index contributed by atoms with van der Waals surface area (Å²) in [5.74, 6) is -0.228. The summed E-state index contributed by atoms with van der Waals surface area (Å²) in [5, 5.41) is 2.62. The highest BCUT2D eigenvalue weighted by Crippen LogP contribution is 2.18. The average molecular weight is 414 g/mol. The number of nitrogens with zero attached hydrogens (tertiary/aromatic N) is 2. The molecule has 9 heteroatoms. The molecule has 0 fully saturated rings. The molecule has 3 rings (SSSR count). The molecule has 2 N–H and O–H groups in total. The molecule has 0 aliphatic carbocycles. The Balaban J connectivity index is 1.69. The van der Waals surface area contributed by atoms with E-state index in [1.54, 1.807) is 26.0 Å². The van der Waals surface area contributed by atoms with Crippen LogP contribution in [-0.2, 0) is 21.2 Å². The van der Waals surface area contributed by atoms with E-state index in [9.17, 15) is 17.6 Å². The summed E-state index contributed by atoms with van der Waals surface area (Å²) in [6.07, 6.45) is -0.124. The molecule has 0 radical (unpaired) electrons. The lowest BCUT2D eigenvalue weighted by Gasteiger charge is -2.10. The van der Waals surface area contributed by atoms with E-state index in [0.717, 1.165) is 0 Å². The number of aromatic nitrogens is 2. The van der Waals surface area contributed by atoms with Gasteiger partial charge in [0.2, 0.25) is 5.91 Å². The molecule has 0 saturated heterocycles. The predicted octanol–water partition coefficient (Wildman–Crippen LogP) is 3.21. The Bertz CT molecular complexity index is 1130. The molecule has 0 spiro atoms. The Morgan fingerprint density at radius 1 is 1.03 bits per heavy atom. The van der Waals surface area contributed by atoms with Crippen LogP contribution in [0.25, 0.3) is 0 Å². The molecule has 3 aromatic rings. The first kappa shape index (κ1) is 20.4. The number of anilines is 2. The van der Waals surface area contributed by atoms with Gasteiger partial charge in [0.1, 0.15) is 17.5 Å². The molecular formula is C20H19FN4O3S. The fourth-order valence-electron chi connectivity index (χ4n) is 2.70. The Kier molecular flexibility index (Phi) is 5.88. The van der Waals surface area contributed by atoms with Gasteiger partial charge in [0.05, 0.1) is 11.3 Å². The minimum atomic E-state index is -3.85. The largest absolute Gasteiger partial charge is 0.326 e. The molecule has 1 amide bonds. The van der Waals surface area contributed by atoms with Crippen molar-refractivity contribution in [2.24, 2.45) is 0 Å².